The van der Waals surface area contributed by atoms with Crippen LogP contribution < -0.4 is 14.9 Å². The van der Waals surface area contributed by atoms with E-state index in [1.165, 1.54) is 25.6 Å². The zero-order chi connectivity index (χ0) is 14.8. The summed E-state index contributed by atoms with van der Waals surface area (Å²) in [6.07, 6.45) is 0. The van der Waals surface area contributed by atoms with Crippen molar-refractivity contribution in [3.63, 3.8) is 0 Å². The molecule has 0 N–H and O–H groups in total. The molecule has 0 aliphatic heterocycles. The predicted octanol–water partition coefficient (Wildman–Crippen LogP) is 3.42. The van der Waals surface area contributed by atoms with Gasteiger partial charge in [-0.05, 0) is 31.0 Å². The Hall–Kier alpha value is -2.16. The molecule has 0 saturated heterocycles. The van der Waals surface area contributed by atoms with E-state index in [1.54, 1.807) is 0 Å². The van der Waals surface area contributed by atoms with Gasteiger partial charge in [-0.1, -0.05) is 84.9 Å². The highest BCUT2D eigenvalue weighted by atomic mass is 32.1. The van der Waals surface area contributed by atoms with E-state index in [9.17, 15) is 0 Å². The first-order valence-electron chi connectivity index (χ1n) is 7.38. The number of rotatable bonds is 3. The summed E-state index contributed by atoms with van der Waals surface area (Å²) in [5, 5.41) is 7.84. The van der Waals surface area contributed by atoms with Crippen molar-refractivity contribution in [2.75, 3.05) is 0 Å². The summed E-state index contributed by atoms with van der Waals surface area (Å²) < 4.78 is 1.49. The Morgan fingerprint density at radius 1 is 0.636 bits per heavy atom. The van der Waals surface area contributed by atoms with E-state index >= 15 is 0 Å². The van der Waals surface area contributed by atoms with Crippen LogP contribution in [0, 0.1) is 0 Å². The fourth-order valence-electron chi connectivity index (χ4n) is 2.90. The molecule has 105 valence electrons. The average Bonchev–Trinajstić information content (AvgIpc) is 3.11. The topological polar surface area (TPSA) is 0 Å². The van der Waals surface area contributed by atoms with Crippen LogP contribution in [0.3, 0.4) is 0 Å². The second-order valence-corrected chi connectivity index (χ2v) is 8.96. The minimum atomic E-state index is -0.941. The summed E-state index contributed by atoms with van der Waals surface area (Å²) in [5.74, 6) is 0. The van der Waals surface area contributed by atoms with Crippen LogP contribution in [0.1, 0.15) is 0 Å². The smallest absolute Gasteiger partial charge is 0.153 e. The van der Waals surface area contributed by atoms with Crippen LogP contribution in [0.5, 0.6) is 0 Å². The molecule has 0 nitrogen and oxygen atoms in total. The summed E-state index contributed by atoms with van der Waals surface area (Å²) >= 11 is 1.87. The first-order valence-corrected chi connectivity index (χ1v) is 9.76. The van der Waals surface area contributed by atoms with Crippen molar-refractivity contribution in [3.05, 3.63) is 90.3 Å². The quantitative estimate of drug-likeness (QED) is 0.508. The molecule has 0 spiro atoms. The normalized spacial score (nSPS) is 11.1. The molecule has 0 saturated carbocycles. The lowest BCUT2D eigenvalue weighted by atomic mass is 10.1. The maximum absolute atomic E-state index is 2.31. The fraction of sp³-hybridized carbons (Fsp3) is 0. The number of benzene rings is 3. The van der Waals surface area contributed by atoms with Gasteiger partial charge in [-0.3, -0.25) is 0 Å². The Morgan fingerprint density at radius 2 is 1.41 bits per heavy atom. The van der Waals surface area contributed by atoms with Crippen LogP contribution in [0.15, 0.2) is 90.3 Å². The molecule has 3 aromatic carbocycles. The van der Waals surface area contributed by atoms with Crippen molar-refractivity contribution in [1.82, 2.24) is 0 Å². The van der Waals surface area contributed by atoms with Crippen LogP contribution in [-0.4, -0.2) is 8.80 Å². The zero-order valence-corrected chi connectivity index (χ0v) is 13.9. The van der Waals surface area contributed by atoms with Gasteiger partial charge in [-0.25, -0.2) is 0 Å². The van der Waals surface area contributed by atoms with E-state index in [4.69, 9.17) is 0 Å². The van der Waals surface area contributed by atoms with E-state index in [-0.39, 0.29) is 0 Å². The lowest BCUT2D eigenvalue weighted by molar-refractivity contribution is 1.75. The Labute approximate surface area is 136 Å². The zero-order valence-electron chi connectivity index (χ0n) is 12.1. The highest BCUT2D eigenvalue weighted by Gasteiger charge is 2.22. The molecule has 1 radical (unpaired) electrons. The van der Waals surface area contributed by atoms with Crippen LogP contribution in [-0.2, 0) is 0 Å². The second kappa shape index (κ2) is 5.91. The highest BCUT2D eigenvalue weighted by Crippen LogP contribution is 2.12. The van der Waals surface area contributed by atoms with Crippen molar-refractivity contribution in [2.45, 2.75) is 0 Å². The number of thiophene rings is 1. The van der Waals surface area contributed by atoms with E-state index < -0.39 is 8.80 Å². The van der Waals surface area contributed by atoms with Crippen LogP contribution in [0.4, 0.5) is 0 Å². The first-order chi connectivity index (χ1) is 10.9. The summed E-state index contributed by atoms with van der Waals surface area (Å²) in [7, 11) is -0.941. The van der Waals surface area contributed by atoms with Crippen molar-refractivity contribution < 1.29 is 0 Å². The highest BCUT2D eigenvalue weighted by molar-refractivity contribution is 7.26. The fourth-order valence-corrected chi connectivity index (χ4v) is 7.13. The molecule has 0 unspecified atom stereocenters. The van der Waals surface area contributed by atoms with Gasteiger partial charge >= 0.3 is 0 Å². The van der Waals surface area contributed by atoms with Gasteiger partial charge in [-0.15, -0.1) is 0 Å². The molecule has 2 heteroatoms. The van der Waals surface area contributed by atoms with Gasteiger partial charge in [-0.2, -0.15) is 11.3 Å². The molecule has 1 heterocycles. The lowest BCUT2D eigenvalue weighted by Crippen LogP contribution is -2.51. The molecule has 4 rings (SSSR count). The van der Waals surface area contributed by atoms with Crippen molar-refractivity contribution in [1.29, 1.82) is 0 Å². The van der Waals surface area contributed by atoms with E-state index in [0.29, 0.717) is 0 Å². The Balaban J connectivity index is 1.98. The van der Waals surface area contributed by atoms with Crippen LogP contribution in [0.25, 0.3) is 10.8 Å². The van der Waals surface area contributed by atoms with E-state index in [1.807, 2.05) is 11.3 Å². The van der Waals surface area contributed by atoms with Gasteiger partial charge in [0.25, 0.3) is 0 Å². The third-order valence-electron chi connectivity index (χ3n) is 3.89. The van der Waals surface area contributed by atoms with Crippen LogP contribution >= 0.6 is 11.3 Å². The lowest BCUT2D eigenvalue weighted by Gasteiger charge is -2.16. The molecule has 0 amide bonds. The maximum Gasteiger partial charge on any atom is 0.168 e. The van der Waals surface area contributed by atoms with Gasteiger partial charge in [0, 0.05) is 0 Å². The standard InChI is InChI=1S/C20H15SSi/c1-2-10-17(11-3-1)22(20-14-7-15-21-20)19-13-6-9-16-8-4-5-12-18(16)19/h1-15H. The summed E-state index contributed by atoms with van der Waals surface area (Å²) in [6, 6.07) is 30.8. The Bertz CT molecular complexity index is 877. The number of fused-ring (bicyclic) bond motifs is 1. The molecule has 0 aliphatic carbocycles. The monoisotopic (exact) mass is 315 g/mol. The van der Waals surface area contributed by atoms with Crippen LogP contribution in [0.2, 0.25) is 0 Å². The molecule has 4 aromatic rings. The minimum Gasteiger partial charge on any atom is -0.153 e. The number of hydrogen-bond donors (Lipinski definition) is 0. The number of hydrogen-bond acceptors (Lipinski definition) is 1. The molecule has 0 fully saturated rings. The molecule has 22 heavy (non-hydrogen) atoms. The first kappa shape index (κ1) is 13.5. The van der Waals surface area contributed by atoms with E-state index in [0.717, 1.165) is 0 Å². The molecule has 0 bridgehead atoms. The molecular weight excluding hydrogens is 300 g/mol. The molecule has 1 aromatic heterocycles. The van der Waals surface area contributed by atoms with Crippen molar-refractivity contribution in [3.8, 4) is 0 Å². The van der Waals surface area contributed by atoms with Gasteiger partial charge in [0.05, 0.1) is 0 Å². The summed E-state index contributed by atoms with van der Waals surface area (Å²) in [4.78, 5) is 0. The Morgan fingerprint density at radius 3 is 2.23 bits per heavy atom. The third-order valence-corrected chi connectivity index (χ3v) is 8.08. The molecular formula is C20H15SSi. The second-order valence-electron chi connectivity index (χ2n) is 5.25. The van der Waals surface area contributed by atoms with Crippen molar-refractivity contribution >= 4 is 45.8 Å². The molecule has 0 aliphatic rings. The van der Waals surface area contributed by atoms with E-state index in [2.05, 4.69) is 90.3 Å². The largest absolute Gasteiger partial charge is 0.168 e. The van der Waals surface area contributed by atoms with Crippen molar-refractivity contribution in [2.24, 2.45) is 0 Å². The Kier molecular flexibility index (Phi) is 3.63. The maximum atomic E-state index is 2.31. The summed E-state index contributed by atoms with van der Waals surface area (Å²) in [6.45, 7) is 0. The minimum absolute atomic E-state index is 0.941. The van der Waals surface area contributed by atoms with Gasteiger partial charge in [0.1, 0.15) is 0 Å². The van der Waals surface area contributed by atoms with Gasteiger partial charge in [0.2, 0.25) is 0 Å². The predicted molar refractivity (Wildman–Crippen MR) is 99.4 cm³/mol. The summed E-state index contributed by atoms with van der Waals surface area (Å²) in [5.41, 5.74) is 0. The SMILES string of the molecule is c1ccc([Si](c2cccs2)c2cccc3ccccc23)cc1. The third kappa shape index (κ3) is 2.41. The van der Waals surface area contributed by atoms with Gasteiger partial charge in [0.15, 0.2) is 8.80 Å². The molecule has 0 atom stereocenters. The average molecular weight is 315 g/mol. The van der Waals surface area contributed by atoms with Gasteiger partial charge < -0.3 is 0 Å².